The fourth-order valence-corrected chi connectivity index (χ4v) is 3.26. The Morgan fingerprint density at radius 1 is 1.10 bits per heavy atom. The van der Waals surface area contributed by atoms with Crippen molar-refractivity contribution in [1.29, 1.82) is 5.26 Å². The molecule has 0 unspecified atom stereocenters. The molecule has 0 atom stereocenters. The molecule has 1 heterocycles. The van der Waals surface area contributed by atoms with Crippen LogP contribution in [0.1, 0.15) is 22.3 Å². The highest BCUT2D eigenvalue weighted by molar-refractivity contribution is 5.94. The van der Waals surface area contributed by atoms with Crippen molar-refractivity contribution in [3.05, 3.63) is 59.7 Å². The SMILES string of the molecule is COc1cccc(C(=O)N2CCN(CCC(=O)Nc3cccc(C#N)c3)CC2)c1. The molecular formula is C22H24N4O3. The summed E-state index contributed by atoms with van der Waals surface area (Å²) in [4.78, 5) is 28.8. The van der Waals surface area contributed by atoms with Gasteiger partial charge in [0, 0.05) is 50.4 Å². The van der Waals surface area contributed by atoms with Crippen molar-refractivity contribution in [3.63, 3.8) is 0 Å². The monoisotopic (exact) mass is 392 g/mol. The maximum Gasteiger partial charge on any atom is 0.254 e. The molecule has 3 rings (SSSR count). The molecule has 1 aliphatic heterocycles. The highest BCUT2D eigenvalue weighted by atomic mass is 16.5. The van der Waals surface area contributed by atoms with Crippen LogP contribution in [0.25, 0.3) is 0 Å². The van der Waals surface area contributed by atoms with Crippen molar-refractivity contribution in [3.8, 4) is 11.8 Å². The number of rotatable bonds is 6. The number of benzene rings is 2. The minimum Gasteiger partial charge on any atom is -0.497 e. The average Bonchev–Trinajstić information content (AvgIpc) is 2.77. The van der Waals surface area contributed by atoms with Gasteiger partial charge < -0.3 is 15.0 Å². The second kappa shape index (κ2) is 9.71. The van der Waals surface area contributed by atoms with Crippen LogP contribution >= 0.6 is 0 Å². The molecular weight excluding hydrogens is 368 g/mol. The van der Waals surface area contributed by atoms with Gasteiger partial charge in [0.15, 0.2) is 0 Å². The van der Waals surface area contributed by atoms with Crippen LogP contribution in [0, 0.1) is 11.3 Å². The number of piperazine rings is 1. The standard InChI is InChI=1S/C22H24N4O3/c1-29-20-7-3-5-18(15-20)22(28)26-12-10-25(11-13-26)9-8-21(27)24-19-6-2-4-17(14-19)16-23/h2-7,14-15H,8-13H2,1H3,(H,24,27). The molecule has 0 aromatic heterocycles. The zero-order valence-corrected chi connectivity index (χ0v) is 16.4. The lowest BCUT2D eigenvalue weighted by molar-refractivity contribution is -0.116. The quantitative estimate of drug-likeness (QED) is 0.816. The van der Waals surface area contributed by atoms with Gasteiger partial charge in [0.1, 0.15) is 5.75 Å². The number of carbonyl (C=O) groups is 2. The number of nitrogens with one attached hydrogen (secondary N) is 1. The molecule has 29 heavy (non-hydrogen) atoms. The predicted octanol–water partition coefficient (Wildman–Crippen LogP) is 2.35. The maximum absolute atomic E-state index is 12.7. The molecule has 2 aromatic carbocycles. The number of nitriles is 1. The highest BCUT2D eigenvalue weighted by Gasteiger charge is 2.22. The first kappa shape index (κ1) is 20.4. The summed E-state index contributed by atoms with van der Waals surface area (Å²) >= 11 is 0. The number of carbonyl (C=O) groups excluding carboxylic acids is 2. The van der Waals surface area contributed by atoms with Crippen LogP contribution in [-0.4, -0.2) is 61.4 Å². The van der Waals surface area contributed by atoms with Gasteiger partial charge in [-0.25, -0.2) is 0 Å². The van der Waals surface area contributed by atoms with Crippen molar-refractivity contribution >= 4 is 17.5 Å². The molecule has 150 valence electrons. The minimum atomic E-state index is -0.0880. The Balaban J connectivity index is 1.44. The van der Waals surface area contributed by atoms with Crippen molar-refractivity contribution in [2.24, 2.45) is 0 Å². The number of hydrogen-bond donors (Lipinski definition) is 1. The Bertz CT molecular complexity index is 914. The topological polar surface area (TPSA) is 85.7 Å². The smallest absolute Gasteiger partial charge is 0.254 e. The Morgan fingerprint density at radius 3 is 2.59 bits per heavy atom. The van der Waals surface area contributed by atoms with E-state index in [-0.39, 0.29) is 11.8 Å². The molecule has 0 radical (unpaired) electrons. The highest BCUT2D eigenvalue weighted by Crippen LogP contribution is 2.16. The van der Waals surface area contributed by atoms with Crippen LogP contribution in [0.3, 0.4) is 0 Å². The third-order valence-electron chi connectivity index (χ3n) is 4.91. The summed E-state index contributed by atoms with van der Waals surface area (Å²) in [6.07, 6.45) is 0.362. The molecule has 1 saturated heterocycles. The van der Waals surface area contributed by atoms with Gasteiger partial charge >= 0.3 is 0 Å². The number of anilines is 1. The summed E-state index contributed by atoms with van der Waals surface area (Å²) in [5, 5.41) is 11.7. The zero-order valence-electron chi connectivity index (χ0n) is 16.4. The lowest BCUT2D eigenvalue weighted by atomic mass is 10.1. The molecule has 2 amide bonds. The predicted molar refractivity (Wildman–Crippen MR) is 110 cm³/mol. The van der Waals surface area contributed by atoms with Gasteiger partial charge in [0.05, 0.1) is 18.7 Å². The molecule has 0 spiro atoms. The fraction of sp³-hybridized carbons (Fsp3) is 0.318. The van der Waals surface area contributed by atoms with E-state index >= 15 is 0 Å². The van der Waals surface area contributed by atoms with Gasteiger partial charge in [-0.05, 0) is 36.4 Å². The van der Waals surface area contributed by atoms with E-state index in [1.165, 1.54) is 0 Å². The molecule has 0 aliphatic carbocycles. The molecule has 2 aromatic rings. The largest absolute Gasteiger partial charge is 0.497 e. The second-order valence-electron chi connectivity index (χ2n) is 6.86. The summed E-state index contributed by atoms with van der Waals surface area (Å²) in [5.41, 5.74) is 1.76. The summed E-state index contributed by atoms with van der Waals surface area (Å²) in [6, 6.07) is 16.1. The average molecular weight is 392 g/mol. The van der Waals surface area contributed by atoms with Crippen LogP contribution in [0.15, 0.2) is 48.5 Å². The van der Waals surface area contributed by atoms with Gasteiger partial charge in [-0.1, -0.05) is 12.1 Å². The van der Waals surface area contributed by atoms with Crippen LogP contribution in [0.5, 0.6) is 5.75 Å². The van der Waals surface area contributed by atoms with Gasteiger partial charge in [-0.2, -0.15) is 5.26 Å². The molecule has 1 N–H and O–H groups in total. The number of methoxy groups -OCH3 is 1. The fourth-order valence-electron chi connectivity index (χ4n) is 3.26. The lowest BCUT2D eigenvalue weighted by Gasteiger charge is -2.34. The van der Waals surface area contributed by atoms with Crippen molar-refractivity contribution < 1.29 is 14.3 Å². The van der Waals surface area contributed by atoms with E-state index in [9.17, 15) is 9.59 Å². The van der Waals surface area contributed by atoms with Crippen LogP contribution in [-0.2, 0) is 4.79 Å². The first-order chi connectivity index (χ1) is 14.1. The van der Waals surface area contributed by atoms with E-state index in [1.807, 2.05) is 17.0 Å². The van der Waals surface area contributed by atoms with Crippen molar-refractivity contribution in [1.82, 2.24) is 9.80 Å². The number of hydrogen-bond acceptors (Lipinski definition) is 5. The third kappa shape index (κ3) is 5.56. The van der Waals surface area contributed by atoms with Crippen molar-refractivity contribution in [2.45, 2.75) is 6.42 Å². The van der Waals surface area contributed by atoms with Crippen LogP contribution in [0.4, 0.5) is 5.69 Å². The van der Waals surface area contributed by atoms with Gasteiger partial charge in [0.2, 0.25) is 5.91 Å². The summed E-state index contributed by atoms with van der Waals surface area (Å²) < 4.78 is 5.19. The first-order valence-electron chi connectivity index (χ1n) is 9.55. The van der Waals surface area contributed by atoms with E-state index in [1.54, 1.807) is 43.5 Å². The molecule has 7 nitrogen and oxygen atoms in total. The Hall–Kier alpha value is -3.37. The Morgan fingerprint density at radius 2 is 1.86 bits per heavy atom. The van der Waals surface area contributed by atoms with E-state index < -0.39 is 0 Å². The van der Waals surface area contributed by atoms with Gasteiger partial charge in [0.25, 0.3) is 5.91 Å². The number of ether oxygens (including phenoxy) is 1. The third-order valence-corrected chi connectivity index (χ3v) is 4.91. The molecule has 0 saturated carbocycles. The summed E-state index contributed by atoms with van der Waals surface area (Å²) in [5.74, 6) is 0.578. The number of nitrogens with zero attached hydrogens (tertiary/aromatic N) is 3. The second-order valence-corrected chi connectivity index (χ2v) is 6.86. The normalized spacial score (nSPS) is 14.1. The van der Waals surface area contributed by atoms with E-state index in [0.717, 1.165) is 13.1 Å². The van der Waals surface area contributed by atoms with Gasteiger partial charge in [-0.3, -0.25) is 14.5 Å². The summed E-state index contributed by atoms with van der Waals surface area (Å²) in [7, 11) is 1.58. The zero-order chi connectivity index (χ0) is 20.6. The van der Waals surface area contributed by atoms with E-state index in [4.69, 9.17) is 10.00 Å². The lowest BCUT2D eigenvalue weighted by Crippen LogP contribution is -2.49. The Labute approximate surface area is 170 Å². The minimum absolute atomic E-state index is 0.00123. The Kier molecular flexibility index (Phi) is 6.82. The van der Waals surface area contributed by atoms with E-state index in [0.29, 0.717) is 48.6 Å². The number of amides is 2. The van der Waals surface area contributed by atoms with E-state index in [2.05, 4.69) is 16.3 Å². The molecule has 1 fully saturated rings. The summed E-state index contributed by atoms with van der Waals surface area (Å²) in [6.45, 7) is 3.34. The maximum atomic E-state index is 12.7. The molecule has 0 bridgehead atoms. The van der Waals surface area contributed by atoms with Gasteiger partial charge in [-0.15, -0.1) is 0 Å². The van der Waals surface area contributed by atoms with Crippen LogP contribution < -0.4 is 10.1 Å². The molecule has 7 heteroatoms. The van der Waals surface area contributed by atoms with Crippen LogP contribution in [0.2, 0.25) is 0 Å². The van der Waals surface area contributed by atoms with Crippen molar-refractivity contribution in [2.75, 3.05) is 45.2 Å². The first-order valence-corrected chi connectivity index (χ1v) is 9.55. The molecule has 1 aliphatic rings.